The van der Waals surface area contributed by atoms with Crippen molar-refractivity contribution in [2.24, 2.45) is 0 Å². The first-order valence-electron chi connectivity index (χ1n) is 4.01. The molecule has 0 aliphatic carbocycles. The molecule has 0 heterocycles. The van der Waals surface area contributed by atoms with E-state index in [2.05, 4.69) is 15.9 Å². The molecular formula is C9H7BrINO3. The molecule has 0 fully saturated rings. The smallest absolute Gasteiger partial charge is 0.286 e. The molecule has 0 unspecified atom stereocenters. The van der Waals surface area contributed by atoms with Gasteiger partial charge >= 0.3 is 0 Å². The van der Waals surface area contributed by atoms with Crippen LogP contribution in [0.4, 0.5) is 5.69 Å². The molecule has 1 rings (SSSR count). The van der Waals surface area contributed by atoms with Crippen LogP contribution in [0.25, 0.3) is 0 Å². The number of benzene rings is 1. The molecule has 0 bridgehead atoms. The van der Waals surface area contributed by atoms with Crippen molar-refractivity contribution >= 4 is 50.0 Å². The Morgan fingerprint density at radius 1 is 1.60 bits per heavy atom. The maximum atomic E-state index is 11.4. The Hall–Kier alpha value is -0.500. The van der Waals surface area contributed by atoms with Gasteiger partial charge in [-0.25, -0.2) is 0 Å². The van der Waals surface area contributed by atoms with Gasteiger partial charge in [0.15, 0.2) is 5.78 Å². The van der Waals surface area contributed by atoms with Crippen molar-refractivity contribution in [3.05, 3.63) is 36.9 Å². The van der Waals surface area contributed by atoms with Crippen molar-refractivity contribution in [2.75, 3.05) is 5.33 Å². The van der Waals surface area contributed by atoms with Gasteiger partial charge in [0.2, 0.25) is 0 Å². The number of halogens is 2. The van der Waals surface area contributed by atoms with Crippen molar-refractivity contribution in [1.82, 2.24) is 0 Å². The van der Waals surface area contributed by atoms with Crippen LogP contribution in [-0.2, 0) is 0 Å². The molecule has 6 heteroatoms. The zero-order valence-corrected chi connectivity index (χ0v) is 11.5. The quantitative estimate of drug-likeness (QED) is 0.265. The second-order valence-electron chi connectivity index (χ2n) is 2.88. The van der Waals surface area contributed by atoms with E-state index in [0.717, 1.165) is 0 Å². The summed E-state index contributed by atoms with van der Waals surface area (Å²) >= 11 is 4.93. The van der Waals surface area contributed by atoms with Crippen LogP contribution in [-0.4, -0.2) is 16.0 Å². The van der Waals surface area contributed by atoms with E-state index in [4.69, 9.17) is 0 Å². The number of hydrogen-bond acceptors (Lipinski definition) is 3. The van der Waals surface area contributed by atoms with Crippen molar-refractivity contribution in [1.29, 1.82) is 0 Å². The van der Waals surface area contributed by atoms with Crippen LogP contribution in [0, 0.1) is 20.6 Å². The summed E-state index contributed by atoms with van der Waals surface area (Å²) in [5, 5.41) is 11.0. The summed E-state index contributed by atoms with van der Waals surface area (Å²) in [5.41, 5.74) is 0.845. The molecule has 1 aromatic carbocycles. The van der Waals surface area contributed by atoms with Gasteiger partial charge in [0.05, 0.1) is 13.8 Å². The first kappa shape index (κ1) is 12.6. The molecule has 0 aliphatic rings. The summed E-state index contributed by atoms with van der Waals surface area (Å²) in [4.78, 5) is 21.8. The summed E-state index contributed by atoms with van der Waals surface area (Å²) in [6.07, 6.45) is 0. The predicted octanol–water partition coefficient (Wildman–Crippen LogP) is 3.09. The number of Topliss-reactive ketones (excluding diaryl/α,β-unsaturated/α-hetero) is 1. The van der Waals surface area contributed by atoms with Gasteiger partial charge < -0.3 is 0 Å². The number of nitrogens with zero attached hydrogens (tertiary/aromatic N) is 1. The molecule has 0 atom stereocenters. The molecule has 0 aliphatic heterocycles. The minimum atomic E-state index is -0.456. The monoisotopic (exact) mass is 383 g/mol. The molecule has 0 saturated heterocycles. The normalized spacial score (nSPS) is 10.1. The highest BCUT2D eigenvalue weighted by Crippen LogP contribution is 2.28. The molecule has 15 heavy (non-hydrogen) atoms. The van der Waals surface area contributed by atoms with Crippen LogP contribution in [0.5, 0.6) is 0 Å². The van der Waals surface area contributed by atoms with Crippen molar-refractivity contribution in [3.8, 4) is 0 Å². The average molecular weight is 384 g/mol. The number of carbonyl (C=O) groups is 1. The Balaban J connectivity index is 3.41. The number of hydrogen-bond donors (Lipinski definition) is 0. The van der Waals surface area contributed by atoms with E-state index in [1.165, 1.54) is 0 Å². The van der Waals surface area contributed by atoms with Crippen LogP contribution in [0.15, 0.2) is 12.1 Å². The SMILES string of the molecule is Cc1c(C(=O)CBr)ccc(I)c1[N+](=O)[O-]. The largest absolute Gasteiger partial charge is 0.293 e. The third kappa shape index (κ3) is 2.54. The summed E-state index contributed by atoms with van der Waals surface area (Å²) in [6, 6.07) is 3.20. The van der Waals surface area contributed by atoms with E-state index >= 15 is 0 Å². The van der Waals surface area contributed by atoms with Gasteiger partial charge in [0.25, 0.3) is 5.69 Å². The minimum Gasteiger partial charge on any atom is -0.293 e. The van der Waals surface area contributed by atoms with Crippen LogP contribution >= 0.6 is 38.5 Å². The Morgan fingerprint density at radius 3 is 2.67 bits per heavy atom. The lowest BCUT2D eigenvalue weighted by molar-refractivity contribution is -0.386. The number of rotatable bonds is 3. The molecular weight excluding hydrogens is 377 g/mol. The van der Waals surface area contributed by atoms with Gasteiger partial charge in [-0.3, -0.25) is 14.9 Å². The number of nitro benzene ring substituents is 1. The molecule has 0 radical (unpaired) electrons. The summed E-state index contributed by atoms with van der Waals surface area (Å²) in [7, 11) is 0. The lowest BCUT2D eigenvalue weighted by Crippen LogP contribution is -2.06. The van der Waals surface area contributed by atoms with E-state index in [-0.39, 0.29) is 16.8 Å². The molecule has 0 saturated carbocycles. The second-order valence-corrected chi connectivity index (χ2v) is 4.61. The third-order valence-electron chi connectivity index (χ3n) is 1.99. The van der Waals surface area contributed by atoms with E-state index in [0.29, 0.717) is 14.7 Å². The fraction of sp³-hybridized carbons (Fsp3) is 0.222. The van der Waals surface area contributed by atoms with Gasteiger partial charge in [-0.2, -0.15) is 0 Å². The fourth-order valence-corrected chi connectivity index (χ4v) is 2.35. The Labute approximate surface area is 108 Å². The maximum Gasteiger partial charge on any atom is 0.286 e. The maximum absolute atomic E-state index is 11.4. The average Bonchev–Trinajstić information content (AvgIpc) is 2.16. The van der Waals surface area contributed by atoms with Crippen molar-refractivity contribution in [3.63, 3.8) is 0 Å². The highest BCUT2D eigenvalue weighted by Gasteiger charge is 2.21. The first-order valence-corrected chi connectivity index (χ1v) is 6.21. The summed E-state index contributed by atoms with van der Waals surface area (Å²) < 4.78 is 0.543. The molecule has 80 valence electrons. The Bertz CT molecular complexity index is 434. The van der Waals surface area contributed by atoms with Gasteiger partial charge in [0.1, 0.15) is 0 Å². The Morgan fingerprint density at radius 2 is 2.20 bits per heavy atom. The molecule has 4 nitrogen and oxygen atoms in total. The lowest BCUT2D eigenvalue weighted by Gasteiger charge is -2.05. The van der Waals surface area contributed by atoms with Crippen LogP contribution in [0.1, 0.15) is 15.9 Å². The highest BCUT2D eigenvalue weighted by molar-refractivity contribution is 14.1. The van der Waals surface area contributed by atoms with Crippen molar-refractivity contribution in [2.45, 2.75) is 6.92 Å². The molecule has 0 aromatic heterocycles. The molecule has 1 aromatic rings. The number of carbonyl (C=O) groups excluding carboxylic acids is 1. The van der Waals surface area contributed by atoms with Crippen molar-refractivity contribution < 1.29 is 9.72 Å². The molecule has 0 N–H and O–H groups in total. The summed E-state index contributed by atoms with van der Waals surface area (Å²) in [5.74, 6) is -0.146. The van der Waals surface area contributed by atoms with Gasteiger partial charge in [-0.05, 0) is 41.6 Å². The molecule has 0 spiro atoms. The number of ketones is 1. The predicted molar refractivity (Wildman–Crippen MR) is 68.7 cm³/mol. The minimum absolute atomic E-state index is 0.0161. The summed E-state index contributed by atoms with van der Waals surface area (Å²) in [6.45, 7) is 1.59. The van der Waals surface area contributed by atoms with Crippen LogP contribution in [0.3, 0.4) is 0 Å². The third-order valence-corrected chi connectivity index (χ3v) is 3.37. The first-order chi connectivity index (χ1) is 6.99. The zero-order valence-electron chi connectivity index (χ0n) is 7.79. The Kier molecular flexibility index (Phi) is 4.21. The topological polar surface area (TPSA) is 60.2 Å². The lowest BCUT2D eigenvalue weighted by atomic mass is 10.0. The van der Waals surface area contributed by atoms with E-state index < -0.39 is 4.92 Å². The molecule has 0 amide bonds. The van der Waals surface area contributed by atoms with E-state index in [9.17, 15) is 14.9 Å². The highest BCUT2D eigenvalue weighted by atomic mass is 127. The number of nitro groups is 1. The number of alkyl halides is 1. The van der Waals surface area contributed by atoms with E-state index in [1.807, 2.05) is 22.6 Å². The van der Waals surface area contributed by atoms with Crippen LogP contribution < -0.4 is 0 Å². The zero-order chi connectivity index (χ0) is 11.6. The van der Waals surface area contributed by atoms with Gasteiger partial charge in [-0.15, -0.1) is 0 Å². The second kappa shape index (κ2) is 5.02. The van der Waals surface area contributed by atoms with Gasteiger partial charge in [0, 0.05) is 11.1 Å². The van der Waals surface area contributed by atoms with Crippen LogP contribution in [0.2, 0.25) is 0 Å². The fourth-order valence-electron chi connectivity index (χ4n) is 1.27. The van der Waals surface area contributed by atoms with Gasteiger partial charge in [-0.1, -0.05) is 15.9 Å². The van der Waals surface area contributed by atoms with E-state index in [1.54, 1.807) is 19.1 Å². The standard InChI is InChI=1S/C9H7BrINO3/c1-5-6(8(13)4-10)2-3-7(11)9(5)12(14)15/h2-3H,4H2,1H3.